The molecule has 0 spiro atoms. The summed E-state index contributed by atoms with van der Waals surface area (Å²) >= 11 is 0. The molecule has 0 aliphatic heterocycles. The average molecular weight is 708 g/mol. The number of nitrogens with zero attached hydrogens (tertiary/aromatic N) is 1. The van der Waals surface area contributed by atoms with Gasteiger partial charge in [-0.15, -0.1) is 0 Å². The van der Waals surface area contributed by atoms with Crippen LogP contribution < -0.4 is 0 Å². The van der Waals surface area contributed by atoms with Crippen LogP contribution >= 0.6 is 0 Å². The third kappa shape index (κ3) is 32.8. The lowest BCUT2D eigenvalue weighted by atomic mass is 9.94. The van der Waals surface area contributed by atoms with Crippen molar-refractivity contribution in [2.24, 2.45) is 11.8 Å². The minimum absolute atomic E-state index is 0.000371. The van der Waals surface area contributed by atoms with Crippen molar-refractivity contribution >= 4 is 11.9 Å². The molecule has 0 saturated carbocycles. The molecule has 5 nitrogen and oxygen atoms in total. The lowest BCUT2D eigenvalue weighted by Crippen LogP contribution is -2.25. The van der Waals surface area contributed by atoms with E-state index in [1.54, 1.807) is 0 Å². The Kier molecular flexibility index (Phi) is 38.3. The first-order valence-corrected chi connectivity index (χ1v) is 22.6. The molecule has 0 saturated heterocycles. The molecule has 0 radical (unpaired) electrons. The van der Waals surface area contributed by atoms with Crippen molar-refractivity contribution in [3.63, 3.8) is 0 Å². The molecule has 5 heteroatoms. The van der Waals surface area contributed by atoms with E-state index in [9.17, 15) is 9.59 Å². The summed E-state index contributed by atoms with van der Waals surface area (Å²) in [5.41, 5.74) is 0. The quantitative estimate of drug-likeness (QED) is 0.0469. The monoisotopic (exact) mass is 708 g/mol. The number of carbonyl (C=O) groups excluding carboxylic acids is 2. The Hall–Kier alpha value is -1.10. The molecule has 0 fully saturated rings. The number of hydrogen-bond acceptors (Lipinski definition) is 5. The Labute approximate surface area is 313 Å². The summed E-state index contributed by atoms with van der Waals surface area (Å²) in [5.74, 6) is 0.224. The Morgan fingerprint density at radius 3 is 1.18 bits per heavy atom. The molecule has 1 unspecified atom stereocenters. The number of unbranched alkanes of at least 4 members (excludes halogenated alkanes) is 23. The van der Waals surface area contributed by atoms with E-state index in [4.69, 9.17) is 9.47 Å². The molecule has 1 atom stereocenters. The van der Waals surface area contributed by atoms with E-state index in [1.807, 2.05) is 6.92 Å². The number of rotatable bonds is 40. The highest BCUT2D eigenvalue weighted by atomic mass is 16.5. The van der Waals surface area contributed by atoms with Gasteiger partial charge in [-0.3, -0.25) is 9.59 Å². The predicted molar refractivity (Wildman–Crippen MR) is 217 cm³/mol. The van der Waals surface area contributed by atoms with E-state index in [2.05, 4.69) is 32.6 Å². The number of esters is 2. The van der Waals surface area contributed by atoms with Gasteiger partial charge >= 0.3 is 11.9 Å². The highest BCUT2D eigenvalue weighted by Crippen LogP contribution is 2.21. The Morgan fingerprint density at radius 2 is 0.760 bits per heavy atom. The van der Waals surface area contributed by atoms with Crippen LogP contribution in [0.1, 0.15) is 234 Å². The van der Waals surface area contributed by atoms with E-state index in [1.165, 1.54) is 167 Å². The molecule has 0 aromatic heterocycles. The summed E-state index contributed by atoms with van der Waals surface area (Å²) in [5, 5.41) is 0. The van der Waals surface area contributed by atoms with Crippen LogP contribution in [0.25, 0.3) is 0 Å². The summed E-state index contributed by atoms with van der Waals surface area (Å²) in [6.07, 6.45) is 37.8. The molecule has 0 heterocycles. The maximum Gasteiger partial charge on any atom is 0.308 e. The highest BCUT2D eigenvalue weighted by Gasteiger charge is 2.19. The van der Waals surface area contributed by atoms with Crippen molar-refractivity contribution in [2.75, 3.05) is 32.8 Å². The fourth-order valence-corrected chi connectivity index (χ4v) is 7.04. The summed E-state index contributed by atoms with van der Waals surface area (Å²) < 4.78 is 11.3. The first kappa shape index (κ1) is 48.9. The van der Waals surface area contributed by atoms with Crippen LogP contribution in [0, 0.1) is 11.8 Å². The SMILES string of the molecule is CCCCCCCCCOC(=O)C(C)CCCCCCN(CC)CCCCCCCOC(=O)C(CCCCCCCC)CCCCCCCC. The van der Waals surface area contributed by atoms with E-state index in [0.29, 0.717) is 13.2 Å². The molecule has 0 aliphatic carbocycles. The number of hydrogen-bond donors (Lipinski definition) is 0. The van der Waals surface area contributed by atoms with E-state index < -0.39 is 0 Å². The topological polar surface area (TPSA) is 55.8 Å². The number of carbonyl (C=O) groups is 2. The van der Waals surface area contributed by atoms with Crippen molar-refractivity contribution in [3.05, 3.63) is 0 Å². The van der Waals surface area contributed by atoms with E-state index in [0.717, 1.165) is 51.5 Å². The first-order chi connectivity index (χ1) is 24.5. The second kappa shape index (κ2) is 39.1. The zero-order valence-electron chi connectivity index (χ0n) is 34.7. The van der Waals surface area contributed by atoms with Crippen LogP contribution in [-0.4, -0.2) is 49.7 Å². The minimum atomic E-state index is 0.000371. The Morgan fingerprint density at radius 1 is 0.420 bits per heavy atom. The minimum Gasteiger partial charge on any atom is -0.465 e. The molecule has 0 amide bonds. The van der Waals surface area contributed by atoms with Crippen LogP contribution in [0.4, 0.5) is 0 Å². The largest absolute Gasteiger partial charge is 0.465 e. The molecule has 0 aromatic carbocycles. The van der Waals surface area contributed by atoms with Crippen LogP contribution in [0.3, 0.4) is 0 Å². The Balaban J connectivity index is 3.92. The van der Waals surface area contributed by atoms with Gasteiger partial charge in [0, 0.05) is 0 Å². The molecule has 0 N–H and O–H groups in total. The smallest absolute Gasteiger partial charge is 0.308 e. The van der Waals surface area contributed by atoms with Crippen molar-refractivity contribution in [1.82, 2.24) is 4.90 Å². The van der Waals surface area contributed by atoms with E-state index in [-0.39, 0.29) is 23.8 Å². The van der Waals surface area contributed by atoms with Crippen LogP contribution in [-0.2, 0) is 19.1 Å². The van der Waals surface area contributed by atoms with Gasteiger partial charge in [0.05, 0.1) is 25.0 Å². The van der Waals surface area contributed by atoms with Crippen molar-refractivity contribution in [1.29, 1.82) is 0 Å². The second-order valence-electron chi connectivity index (χ2n) is 15.6. The zero-order chi connectivity index (χ0) is 36.8. The maximum absolute atomic E-state index is 13.0. The van der Waals surface area contributed by atoms with Crippen LogP contribution in [0.15, 0.2) is 0 Å². The third-order valence-electron chi connectivity index (χ3n) is 10.7. The summed E-state index contributed by atoms with van der Waals surface area (Å²) in [4.78, 5) is 27.8. The van der Waals surface area contributed by atoms with Crippen LogP contribution in [0.2, 0.25) is 0 Å². The van der Waals surface area contributed by atoms with Gasteiger partial charge in [-0.2, -0.15) is 0 Å². The fraction of sp³-hybridized carbons (Fsp3) is 0.956. The lowest BCUT2D eigenvalue weighted by Gasteiger charge is -2.20. The first-order valence-electron chi connectivity index (χ1n) is 22.6. The molecule has 0 aliphatic rings. The molecule has 50 heavy (non-hydrogen) atoms. The van der Waals surface area contributed by atoms with Crippen molar-refractivity contribution in [3.8, 4) is 0 Å². The molecular weight excluding hydrogens is 618 g/mol. The maximum atomic E-state index is 13.0. The zero-order valence-corrected chi connectivity index (χ0v) is 34.7. The summed E-state index contributed by atoms with van der Waals surface area (Å²) in [7, 11) is 0. The standard InChI is InChI=1S/C45H89NO4/c1-6-10-13-16-19-26-33-40-49-44(47)42(5)35-28-23-25-32-39-46(9-4)38-31-24-20-27-34-41-50-45(48)43(36-29-21-17-14-11-7-2)37-30-22-18-15-12-8-3/h42-43H,6-41H2,1-5H3. The van der Waals surface area contributed by atoms with Gasteiger partial charge in [0.1, 0.15) is 0 Å². The van der Waals surface area contributed by atoms with Gasteiger partial charge in [-0.1, -0.05) is 189 Å². The molecule has 298 valence electrons. The molecular formula is C45H89NO4. The van der Waals surface area contributed by atoms with Gasteiger partial charge in [-0.25, -0.2) is 0 Å². The molecule has 0 bridgehead atoms. The Bertz CT molecular complexity index is 697. The lowest BCUT2D eigenvalue weighted by molar-refractivity contribution is -0.149. The van der Waals surface area contributed by atoms with Crippen molar-refractivity contribution in [2.45, 2.75) is 234 Å². The van der Waals surface area contributed by atoms with Crippen LogP contribution in [0.5, 0.6) is 0 Å². The second-order valence-corrected chi connectivity index (χ2v) is 15.6. The van der Waals surface area contributed by atoms with Gasteiger partial charge in [0.15, 0.2) is 0 Å². The van der Waals surface area contributed by atoms with Crippen molar-refractivity contribution < 1.29 is 19.1 Å². The summed E-state index contributed by atoms with van der Waals surface area (Å²) in [6.45, 7) is 15.8. The molecule has 0 aromatic rings. The predicted octanol–water partition coefficient (Wildman–Crippen LogP) is 13.8. The summed E-state index contributed by atoms with van der Waals surface area (Å²) in [6, 6.07) is 0. The normalized spacial score (nSPS) is 12.2. The van der Waals surface area contributed by atoms with Gasteiger partial charge in [0.2, 0.25) is 0 Å². The van der Waals surface area contributed by atoms with E-state index >= 15 is 0 Å². The average Bonchev–Trinajstić information content (AvgIpc) is 3.12. The number of ether oxygens (including phenoxy) is 2. The van der Waals surface area contributed by atoms with Gasteiger partial charge < -0.3 is 14.4 Å². The van der Waals surface area contributed by atoms with Gasteiger partial charge in [0.25, 0.3) is 0 Å². The fourth-order valence-electron chi connectivity index (χ4n) is 7.04. The highest BCUT2D eigenvalue weighted by molar-refractivity contribution is 5.72. The molecule has 0 rings (SSSR count). The van der Waals surface area contributed by atoms with Gasteiger partial charge in [-0.05, 0) is 64.6 Å². The third-order valence-corrected chi connectivity index (χ3v) is 10.7.